The smallest absolute Gasteiger partial charge is 0.272 e. The molecule has 0 atom stereocenters. The fourth-order valence-electron chi connectivity index (χ4n) is 4.94. The van der Waals surface area contributed by atoms with E-state index < -0.39 is 17.5 Å². The molecule has 1 saturated carbocycles. The van der Waals surface area contributed by atoms with Crippen molar-refractivity contribution in [2.45, 2.75) is 45.1 Å². The zero-order chi connectivity index (χ0) is 23.2. The number of pyridine rings is 1. The summed E-state index contributed by atoms with van der Waals surface area (Å²) in [4.78, 5) is 28.7. The van der Waals surface area contributed by atoms with Crippen LogP contribution < -0.4 is 10.9 Å². The van der Waals surface area contributed by atoms with Crippen molar-refractivity contribution in [3.63, 3.8) is 0 Å². The van der Waals surface area contributed by atoms with E-state index in [2.05, 4.69) is 27.4 Å². The van der Waals surface area contributed by atoms with E-state index in [1.807, 2.05) is 18.2 Å². The SMILES string of the molecule is CCC1(CCc2n[nH]c(=O)c3ccccc23)CC(NC(=O)c2cnc3c(F)cc(F)cn23)C1. The zero-order valence-electron chi connectivity index (χ0n) is 18.1. The fourth-order valence-corrected chi connectivity index (χ4v) is 4.94. The first-order chi connectivity index (χ1) is 15.9. The lowest BCUT2D eigenvalue weighted by Crippen LogP contribution is -2.51. The molecule has 3 aromatic heterocycles. The maximum atomic E-state index is 13.9. The number of fused-ring (bicyclic) bond motifs is 2. The summed E-state index contributed by atoms with van der Waals surface area (Å²) in [5, 5.41) is 11.3. The Kier molecular flexibility index (Phi) is 5.19. The number of aryl methyl sites for hydroxylation is 1. The molecular formula is C24H23F2N5O2. The number of carbonyl (C=O) groups excluding carboxylic acids is 1. The Morgan fingerprint density at radius 1 is 1.27 bits per heavy atom. The van der Waals surface area contributed by atoms with Crippen molar-refractivity contribution in [1.29, 1.82) is 0 Å². The van der Waals surface area contributed by atoms with Crippen molar-refractivity contribution in [2.24, 2.45) is 5.41 Å². The predicted molar refractivity (Wildman–Crippen MR) is 119 cm³/mol. The van der Waals surface area contributed by atoms with E-state index in [9.17, 15) is 18.4 Å². The summed E-state index contributed by atoms with van der Waals surface area (Å²) in [6.45, 7) is 2.13. The van der Waals surface area contributed by atoms with Gasteiger partial charge in [0.25, 0.3) is 11.5 Å². The molecule has 9 heteroatoms. The first-order valence-corrected chi connectivity index (χ1v) is 11.0. The second-order valence-corrected chi connectivity index (χ2v) is 8.82. The average Bonchev–Trinajstić information content (AvgIpc) is 3.21. The number of hydrogen-bond acceptors (Lipinski definition) is 4. The zero-order valence-corrected chi connectivity index (χ0v) is 18.1. The van der Waals surface area contributed by atoms with Crippen LogP contribution in [0.15, 0.2) is 47.5 Å². The molecule has 5 rings (SSSR count). The molecule has 1 amide bonds. The second kappa shape index (κ2) is 8.06. The Hall–Kier alpha value is -3.62. The lowest BCUT2D eigenvalue weighted by Gasteiger charge is -2.48. The monoisotopic (exact) mass is 451 g/mol. The molecule has 0 unspecified atom stereocenters. The van der Waals surface area contributed by atoms with E-state index in [4.69, 9.17) is 0 Å². The summed E-state index contributed by atoms with van der Waals surface area (Å²) in [7, 11) is 0. The molecule has 0 aliphatic heterocycles. The van der Waals surface area contributed by atoms with Gasteiger partial charge in [-0.05, 0) is 37.2 Å². The maximum absolute atomic E-state index is 13.9. The van der Waals surface area contributed by atoms with Gasteiger partial charge >= 0.3 is 0 Å². The van der Waals surface area contributed by atoms with Crippen LogP contribution in [-0.2, 0) is 6.42 Å². The average molecular weight is 451 g/mol. The third kappa shape index (κ3) is 3.77. The number of rotatable bonds is 6. The van der Waals surface area contributed by atoms with E-state index in [0.717, 1.165) is 59.8 Å². The minimum Gasteiger partial charge on any atom is -0.348 e. The summed E-state index contributed by atoms with van der Waals surface area (Å²) < 4.78 is 28.6. The molecular weight excluding hydrogens is 428 g/mol. The summed E-state index contributed by atoms with van der Waals surface area (Å²) in [5.41, 5.74) is 0.743. The second-order valence-electron chi connectivity index (χ2n) is 8.82. The number of amides is 1. The van der Waals surface area contributed by atoms with Gasteiger partial charge in [-0.25, -0.2) is 18.9 Å². The number of carbonyl (C=O) groups is 1. The van der Waals surface area contributed by atoms with Gasteiger partial charge in [0.1, 0.15) is 11.5 Å². The molecule has 0 radical (unpaired) electrons. The van der Waals surface area contributed by atoms with Crippen molar-refractivity contribution >= 4 is 22.3 Å². The number of nitrogens with zero attached hydrogens (tertiary/aromatic N) is 3. The molecule has 1 aliphatic rings. The van der Waals surface area contributed by atoms with Crippen molar-refractivity contribution in [1.82, 2.24) is 24.9 Å². The van der Waals surface area contributed by atoms with Gasteiger partial charge in [-0.15, -0.1) is 0 Å². The highest BCUT2D eigenvalue weighted by Gasteiger charge is 2.43. The van der Waals surface area contributed by atoms with Crippen LogP contribution in [0.3, 0.4) is 0 Å². The van der Waals surface area contributed by atoms with Gasteiger partial charge in [0.15, 0.2) is 11.5 Å². The first-order valence-electron chi connectivity index (χ1n) is 11.0. The van der Waals surface area contributed by atoms with E-state index in [1.54, 1.807) is 6.07 Å². The standard InChI is InChI=1S/C24H23F2N5O2/c1-2-24(8-7-19-16-5-3-4-6-17(16)22(32)30-29-19)10-15(11-24)28-23(33)20-12-27-21-18(26)9-14(25)13-31(20)21/h3-6,9,12-13,15H,2,7-8,10-11H2,1H3,(H,28,33)(H,30,32). The Morgan fingerprint density at radius 2 is 2.03 bits per heavy atom. The van der Waals surface area contributed by atoms with Crippen LogP contribution in [-0.4, -0.2) is 31.5 Å². The van der Waals surface area contributed by atoms with Crippen LogP contribution in [0.25, 0.3) is 16.4 Å². The lowest BCUT2D eigenvalue weighted by atomic mass is 9.61. The maximum Gasteiger partial charge on any atom is 0.272 e. The molecule has 0 bridgehead atoms. The van der Waals surface area contributed by atoms with Gasteiger partial charge < -0.3 is 5.32 Å². The van der Waals surface area contributed by atoms with E-state index in [0.29, 0.717) is 5.39 Å². The molecule has 170 valence electrons. The number of hydrogen-bond donors (Lipinski definition) is 2. The van der Waals surface area contributed by atoms with Gasteiger partial charge in [0.2, 0.25) is 0 Å². The number of nitrogens with one attached hydrogen (secondary N) is 2. The normalized spacial score (nSPS) is 20.2. The van der Waals surface area contributed by atoms with Crippen molar-refractivity contribution in [2.75, 3.05) is 0 Å². The van der Waals surface area contributed by atoms with Crippen LogP contribution in [0.5, 0.6) is 0 Å². The highest BCUT2D eigenvalue weighted by molar-refractivity contribution is 5.93. The minimum absolute atomic E-state index is 0.0262. The molecule has 1 aliphatic carbocycles. The largest absolute Gasteiger partial charge is 0.348 e. The Balaban J connectivity index is 1.26. The molecule has 7 nitrogen and oxygen atoms in total. The minimum atomic E-state index is -0.814. The molecule has 2 N–H and O–H groups in total. The van der Waals surface area contributed by atoms with Crippen molar-refractivity contribution < 1.29 is 13.6 Å². The topological polar surface area (TPSA) is 92.1 Å². The van der Waals surface area contributed by atoms with E-state index >= 15 is 0 Å². The van der Waals surface area contributed by atoms with Crippen LogP contribution in [0.4, 0.5) is 8.78 Å². The van der Waals surface area contributed by atoms with Gasteiger partial charge in [-0.2, -0.15) is 5.10 Å². The molecule has 4 aromatic rings. The van der Waals surface area contributed by atoms with Gasteiger partial charge in [0, 0.05) is 23.7 Å². The number of aromatic amines is 1. The third-order valence-electron chi connectivity index (χ3n) is 6.87. The number of H-pyrrole nitrogens is 1. The molecule has 3 heterocycles. The summed E-state index contributed by atoms with van der Waals surface area (Å²) in [6, 6.07) is 8.15. The Morgan fingerprint density at radius 3 is 2.79 bits per heavy atom. The Bertz CT molecular complexity index is 1420. The predicted octanol–water partition coefficient (Wildman–Crippen LogP) is 3.77. The third-order valence-corrected chi connectivity index (χ3v) is 6.87. The lowest BCUT2D eigenvalue weighted by molar-refractivity contribution is 0.0568. The molecule has 0 spiro atoms. The summed E-state index contributed by atoms with van der Waals surface area (Å²) >= 11 is 0. The summed E-state index contributed by atoms with van der Waals surface area (Å²) in [5.74, 6) is -1.99. The molecule has 33 heavy (non-hydrogen) atoms. The van der Waals surface area contributed by atoms with Gasteiger partial charge in [0.05, 0.1) is 17.3 Å². The molecule has 1 fully saturated rings. The number of aromatic nitrogens is 4. The number of benzene rings is 1. The van der Waals surface area contributed by atoms with Crippen LogP contribution in [0, 0.1) is 17.0 Å². The fraction of sp³-hybridized carbons (Fsp3) is 0.333. The van der Waals surface area contributed by atoms with Crippen molar-refractivity contribution in [3.05, 3.63) is 76.1 Å². The van der Waals surface area contributed by atoms with Gasteiger partial charge in [-0.1, -0.05) is 31.5 Å². The van der Waals surface area contributed by atoms with Crippen LogP contribution >= 0.6 is 0 Å². The van der Waals surface area contributed by atoms with E-state index in [1.165, 1.54) is 6.20 Å². The number of halogens is 2. The van der Waals surface area contributed by atoms with Gasteiger partial charge in [-0.3, -0.25) is 14.0 Å². The molecule has 0 saturated heterocycles. The summed E-state index contributed by atoms with van der Waals surface area (Å²) in [6.07, 6.45) is 6.46. The number of imidazole rings is 1. The first kappa shape index (κ1) is 21.2. The quantitative estimate of drug-likeness (QED) is 0.467. The highest BCUT2D eigenvalue weighted by Crippen LogP contribution is 2.47. The Labute approximate surface area is 187 Å². The highest BCUT2D eigenvalue weighted by atomic mass is 19.1. The van der Waals surface area contributed by atoms with Crippen LogP contribution in [0.1, 0.15) is 48.8 Å². The van der Waals surface area contributed by atoms with Crippen molar-refractivity contribution in [3.8, 4) is 0 Å². The van der Waals surface area contributed by atoms with Crippen LogP contribution in [0.2, 0.25) is 0 Å². The van der Waals surface area contributed by atoms with E-state index in [-0.39, 0.29) is 28.4 Å². The molecule has 1 aromatic carbocycles.